The number of nitrogens with one attached hydrogen (secondary N) is 1. The maximum Gasteiger partial charge on any atom is 0.338 e. The number of benzene rings is 3. The second-order valence-corrected chi connectivity index (χ2v) is 7.83. The molecule has 0 saturated heterocycles. The molecule has 0 unspecified atom stereocenters. The summed E-state index contributed by atoms with van der Waals surface area (Å²) in [6.45, 7) is -0.611. The molecule has 0 radical (unpaired) electrons. The van der Waals surface area contributed by atoms with Gasteiger partial charge < -0.3 is 4.74 Å². The quantitative estimate of drug-likeness (QED) is 0.324. The van der Waals surface area contributed by atoms with Gasteiger partial charge in [-0.25, -0.2) is 22.9 Å². The lowest BCUT2D eigenvalue weighted by molar-refractivity contribution is -0.119. The van der Waals surface area contributed by atoms with E-state index in [2.05, 4.69) is 10.3 Å². The number of amides is 1. The van der Waals surface area contributed by atoms with Crippen LogP contribution in [0.4, 0.5) is 18.3 Å². The molecular weight excluding hydrogens is 441 g/mol. The predicted octanol–water partition coefficient (Wildman–Crippen LogP) is 5.10. The van der Waals surface area contributed by atoms with Gasteiger partial charge in [0.1, 0.15) is 5.52 Å². The largest absolute Gasteiger partial charge is 0.452 e. The summed E-state index contributed by atoms with van der Waals surface area (Å²) in [4.78, 5) is 28.4. The SMILES string of the molecule is O=C(COC(=O)c1ccccc1Cc1ccccc1)Nc1nc2c(F)c(F)c(F)cc2s1. The van der Waals surface area contributed by atoms with E-state index in [-0.39, 0.29) is 9.83 Å². The number of esters is 1. The summed E-state index contributed by atoms with van der Waals surface area (Å²) in [5.74, 6) is -5.81. The van der Waals surface area contributed by atoms with Crippen molar-refractivity contribution in [3.8, 4) is 0 Å². The summed E-state index contributed by atoms with van der Waals surface area (Å²) in [6, 6.07) is 17.3. The minimum Gasteiger partial charge on any atom is -0.452 e. The number of carbonyl (C=O) groups excluding carboxylic acids is 2. The highest BCUT2D eigenvalue weighted by atomic mass is 32.1. The Kier molecular flexibility index (Phi) is 6.18. The smallest absolute Gasteiger partial charge is 0.338 e. The molecule has 9 heteroatoms. The fraction of sp³-hybridized carbons (Fsp3) is 0.0870. The molecule has 3 aromatic carbocycles. The van der Waals surface area contributed by atoms with E-state index in [9.17, 15) is 22.8 Å². The van der Waals surface area contributed by atoms with E-state index in [1.165, 1.54) is 0 Å². The number of hydrogen-bond acceptors (Lipinski definition) is 5. The highest BCUT2D eigenvalue weighted by Crippen LogP contribution is 2.30. The monoisotopic (exact) mass is 456 g/mol. The number of nitrogens with zero attached hydrogens (tertiary/aromatic N) is 1. The molecule has 1 aromatic heterocycles. The zero-order chi connectivity index (χ0) is 22.7. The molecule has 4 rings (SSSR count). The van der Waals surface area contributed by atoms with Gasteiger partial charge in [-0.3, -0.25) is 10.1 Å². The van der Waals surface area contributed by atoms with E-state index in [0.717, 1.165) is 28.5 Å². The van der Waals surface area contributed by atoms with Crippen LogP contribution in [0.5, 0.6) is 0 Å². The molecule has 1 N–H and O–H groups in total. The fourth-order valence-electron chi connectivity index (χ4n) is 3.08. The Balaban J connectivity index is 1.41. The molecule has 0 aliphatic carbocycles. The lowest BCUT2D eigenvalue weighted by Gasteiger charge is -2.09. The van der Waals surface area contributed by atoms with Crippen LogP contribution in [0.15, 0.2) is 60.7 Å². The van der Waals surface area contributed by atoms with E-state index in [0.29, 0.717) is 12.0 Å². The first kappa shape index (κ1) is 21.5. The Morgan fingerprint density at radius 3 is 2.47 bits per heavy atom. The van der Waals surface area contributed by atoms with Crippen LogP contribution in [-0.4, -0.2) is 23.5 Å². The molecular formula is C23H15F3N2O3S. The fourth-order valence-corrected chi connectivity index (χ4v) is 3.99. The van der Waals surface area contributed by atoms with Crippen molar-refractivity contribution in [2.24, 2.45) is 0 Å². The number of halogens is 3. The molecule has 4 aromatic rings. The van der Waals surface area contributed by atoms with Crippen molar-refractivity contribution in [1.82, 2.24) is 4.98 Å². The first-order valence-electron chi connectivity index (χ1n) is 9.45. The van der Waals surface area contributed by atoms with Crippen molar-refractivity contribution in [1.29, 1.82) is 0 Å². The second kappa shape index (κ2) is 9.19. The van der Waals surface area contributed by atoms with Crippen LogP contribution < -0.4 is 5.32 Å². The second-order valence-electron chi connectivity index (χ2n) is 6.80. The number of ether oxygens (including phenoxy) is 1. The van der Waals surface area contributed by atoms with Gasteiger partial charge in [0, 0.05) is 0 Å². The normalized spacial score (nSPS) is 10.8. The van der Waals surface area contributed by atoms with Crippen molar-refractivity contribution in [2.75, 3.05) is 11.9 Å². The topological polar surface area (TPSA) is 68.3 Å². The van der Waals surface area contributed by atoms with Gasteiger partial charge in [-0.2, -0.15) is 0 Å². The van der Waals surface area contributed by atoms with Crippen LogP contribution in [0, 0.1) is 17.5 Å². The number of rotatable bonds is 6. The Hall–Kier alpha value is -3.72. The summed E-state index contributed by atoms with van der Waals surface area (Å²) in [5.41, 5.74) is 1.70. The molecule has 0 spiro atoms. The van der Waals surface area contributed by atoms with Crippen LogP contribution >= 0.6 is 11.3 Å². The summed E-state index contributed by atoms with van der Waals surface area (Å²) in [6.07, 6.45) is 0.517. The Bertz CT molecular complexity index is 1310. The van der Waals surface area contributed by atoms with Gasteiger partial charge in [0.2, 0.25) is 0 Å². The Morgan fingerprint density at radius 1 is 0.969 bits per heavy atom. The maximum absolute atomic E-state index is 13.8. The highest BCUT2D eigenvalue weighted by molar-refractivity contribution is 7.22. The maximum atomic E-state index is 13.8. The van der Waals surface area contributed by atoms with Crippen LogP contribution in [0.1, 0.15) is 21.5 Å². The summed E-state index contributed by atoms with van der Waals surface area (Å²) >= 11 is 0.767. The van der Waals surface area contributed by atoms with Gasteiger partial charge in [-0.1, -0.05) is 59.9 Å². The molecule has 0 saturated carbocycles. The number of thiazole rings is 1. The van der Waals surface area contributed by atoms with Gasteiger partial charge in [0.05, 0.1) is 10.3 Å². The average molecular weight is 456 g/mol. The molecule has 1 heterocycles. The van der Waals surface area contributed by atoms with Crippen LogP contribution in [0.2, 0.25) is 0 Å². The third-order valence-electron chi connectivity index (χ3n) is 4.58. The first-order valence-corrected chi connectivity index (χ1v) is 10.3. The number of hydrogen-bond donors (Lipinski definition) is 1. The standard InChI is InChI=1S/C23H15F3N2O3S/c24-16-11-17-21(20(26)19(16)25)28-23(32-17)27-18(29)12-31-22(30)15-9-5-4-8-14(15)10-13-6-2-1-3-7-13/h1-9,11H,10,12H2,(H,27,28,29). The zero-order valence-electron chi connectivity index (χ0n) is 16.4. The number of anilines is 1. The molecule has 0 fully saturated rings. The molecule has 0 aliphatic rings. The van der Waals surface area contributed by atoms with Gasteiger partial charge in [-0.15, -0.1) is 0 Å². The van der Waals surface area contributed by atoms with E-state index >= 15 is 0 Å². The van der Waals surface area contributed by atoms with Gasteiger partial charge in [-0.05, 0) is 29.7 Å². The van der Waals surface area contributed by atoms with Gasteiger partial charge >= 0.3 is 5.97 Å². The number of fused-ring (bicyclic) bond motifs is 1. The third-order valence-corrected chi connectivity index (χ3v) is 5.49. The van der Waals surface area contributed by atoms with E-state index in [4.69, 9.17) is 4.74 Å². The van der Waals surface area contributed by atoms with Crippen molar-refractivity contribution in [3.05, 3.63) is 94.8 Å². The molecule has 0 atom stereocenters. The first-order chi connectivity index (χ1) is 15.4. The lowest BCUT2D eigenvalue weighted by atomic mass is 10.00. The molecule has 0 aliphatic heterocycles. The van der Waals surface area contributed by atoms with Crippen LogP contribution in [-0.2, 0) is 16.0 Å². The zero-order valence-corrected chi connectivity index (χ0v) is 17.2. The van der Waals surface area contributed by atoms with Crippen molar-refractivity contribution in [3.63, 3.8) is 0 Å². The average Bonchev–Trinajstić information content (AvgIpc) is 3.19. The molecule has 5 nitrogen and oxygen atoms in total. The summed E-state index contributed by atoms with van der Waals surface area (Å²) in [5, 5.41) is 2.26. The van der Waals surface area contributed by atoms with E-state index in [1.807, 2.05) is 30.3 Å². The molecule has 32 heavy (non-hydrogen) atoms. The molecule has 1 amide bonds. The highest BCUT2D eigenvalue weighted by Gasteiger charge is 2.19. The van der Waals surface area contributed by atoms with Crippen molar-refractivity contribution in [2.45, 2.75) is 6.42 Å². The number of aromatic nitrogens is 1. The van der Waals surface area contributed by atoms with Crippen molar-refractivity contribution < 1.29 is 27.5 Å². The Morgan fingerprint density at radius 2 is 1.69 bits per heavy atom. The van der Waals surface area contributed by atoms with E-state index < -0.39 is 41.5 Å². The predicted molar refractivity (Wildman–Crippen MR) is 114 cm³/mol. The van der Waals surface area contributed by atoms with E-state index in [1.54, 1.807) is 24.3 Å². The minimum atomic E-state index is -1.64. The molecule has 0 bridgehead atoms. The van der Waals surface area contributed by atoms with Gasteiger partial charge in [0.15, 0.2) is 29.2 Å². The summed E-state index contributed by atoms with van der Waals surface area (Å²) in [7, 11) is 0. The Labute approximate surface area is 184 Å². The summed E-state index contributed by atoms with van der Waals surface area (Å²) < 4.78 is 45.6. The van der Waals surface area contributed by atoms with Crippen LogP contribution in [0.25, 0.3) is 10.2 Å². The third kappa shape index (κ3) is 4.62. The number of carbonyl (C=O) groups is 2. The molecule has 162 valence electrons. The van der Waals surface area contributed by atoms with Gasteiger partial charge in [0.25, 0.3) is 5.91 Å². The van der Waals surface area contributed by atoms with Crippen LogP contribution in [0.3, 0.4) is 0 Å². The lowest BCUT2D eigenvalue weighted by Crippen LogP contribution is -2.21. The van der Waals surface area contributed by atoms with Crippen molar-refractivity contribution >= 4 is 38.6 Å². The minimum absolute atomic E-state index is 0.0311.